The Morgan fingerprint density at radius 2 is 1.89 bits per heavy atom. The second-order valence-electron chi connectivity index (χ2n) is 5.15. The summed E-state index contributed by atoms with van der Waals surface area (Å²) in [6.45, 7) is 7.86. The highest BCUT2D eigenvalue weighted by molar-refractivity contribution is 7.99. The Labute approximate surface area is 127 Å². The summed E-state index contributed by atoms with van der Waals surface area (Å²) in [5.41, 5.74) is 0. The molecule has 1 rings (SSSR count). The molecule has 0 aliphatic carbocycles. The van der Waals surface area contributed by atoms with Crippen LogP contribution < -0.4 is 5.32 Å². The van der Waals surface area contributed by atoms with E-state index >= 15 is 0 Å². The first-order chi connectivity index (χ1) is 9.15. The zero-order valence-electron chi connectivity index (χ0n) is 12.3. The Kier molecular flexibility index (Phi) is 8.60. The van der Waals surface area contributed by atoms with E-state index in [4.69, 9.17) is 11.6 Å². The van der Waals surface area contributed by atoms with E-state index in [1.165, 1.54) is 24.2 Å². The van der Waals surface area contributed by atoms with Crippen molar-refractivity contribution in [2.45, 2.75) is 51.0 Å². The highest BCUT2D eigenvalue weighted by Gasteiger charge is 2.12. The van der Waals surface area contributed by atoms with Gasteiger partial charge in [-0.15, -0.1) is 11.8 Å². The van der Waals surface area contributed by atoms with E-state index in [2.05, 4.69) is 38.2 Å². The van der Waals surface area contributed by atoms with Crippen molar-refractivity contribution in [2.24, 2.45) is 5.92 Å². The van der Waals surface area contributed by atoms with E-state index in [0.29, 0.717) is 6.04 Å². The van der Waals surface area contributed by atoms with Crippen LogP contribution in [0.1, 0.15) is 40.0 Å². The number of hydrogen-bond acceptors (Lipinski definition) is 2. The van der Waals surface area contributed by atoms with Crippen molar-refractivity contribution in [3.05, 3.63) is 29.3 Å². The average Bonchev–Trinajstić information content (AvgIpc) is 2.38. The maximum Gasteiger partial charge on any atom is 0.0406 e. The lowest BCUT2D eigenvalue weighted by Gasteiger charge is -2.21. The fraction of sp³-hybridized carbons (Fsp3) is 0.625. The topological polar surface area (TPSA) is 12.0 Å². The van der Waals surface area contributed by atoms with E-state index in [9.17, 15) is 0 Å². The number of thioether (sulfide) groups is 1. The van der Waals surface area contributed by atoms with E-state index in [1.807, 2.05) is 23.9 Å². The molecular formula is C16H26ClNS. The molecule has 3 heteroatoms. The summed E-state index contributed by atoms with van der Waals surface area (Å²) >= 11 is 7.82. The Balaban J connectivity index is 2.42. The number of rotatable bonds is 9. The van der Waals surface area contributed by atoms with Crippen LogP contribution in [-0.2, 0) is 0 Å². The lowest BCUT2D eigenvalue weighted by Crippen LogP contribution is -2.32. The van der Waals surface area contributed by atoms with E-state index in [0.717, 1.165) is 23.2 Å². The first-order valence-corrected chi connectivity index (χ1v) is 8.63. The Morgan fingerprint density at radius 3 is 2.47 bits per heavy atom. The summed E-state index contributed by atoms with van der Waals surface area (Å²) in [5.74, 6) is 1.93. The molecule has 1 nitrogen and oxygen atoms in total. The van der Waals surface area contributed by atoms with Gasteiger partial charge in [-0.2, -0.15) is 0 Å². The Bertz CT molecular complexity index is 339. The maximum atomic E-state index is 5.91. The minimum Gasteiger partial charge on any atom is -0.313 e. The third-order valence-electron chi connectivity index (χ3n) is 3.23. The maximum absolute atomic E-state index is 5.91. The van der Waals surface area contributed by atoms with Crippen LogP contribution in [0, 0.1) is 5.92 Å². The zero-order valence-corrected chi connectivity index (χ0v) is 13.9. The standard InChI is InChI=1S/C16H26ClNS/c1-4-6-13(3)11-15(18-5-2)12-19-16-9-7-14(17)8-10-16/h7-10,13,15,18H,4-6,11-12H2,1-3H3. The molecular weight excluding hydrogens is 274 g/mol. The van der Waals surface area contributed by atoms with E-state index in [1.54, 1.807) is 0 Å². The summed E-state index contributed by atoms with van der Waals surface area (Å²) in [6, 6.07) is 8.74. The van der Waals surface area contributed by atoms with E-state index in [-0.39, 0.29) is 0 Å². The van der Waals surface area contributed by atoms with Gasteiger partial charge in [0.1, 0.15) is 0 Å². The highest BCUT2D eigenvalue weighted by Crippen LogP contribution is 2.23. The summed E-state index contributed by atoms with van der Waals surface area (Å²) in [5, 5.41) is 4.42. The third kappa shape index (κ3) is 7.24. The zero-order chi connectivity index (χ0) is 14.1. The van der Waals surface area contributed by atoms with Crippen LogP contribution in [-0.4, -0.2) is 18.3 Å². The largest absolute Gasteiger partial charge is 0.313 e. The molecule has 0 fully saturated rings. The SMILES string of the molecule is CCCC(C)CC(CSc1ccc(Cl)cc1)NCC. The fourth-order valence-electron chi connectivity index (χ4n) is 2.32. The van der Waals surface area contributed by atoms with Crippen molar-refractivity contribution >= 4 is 23.4 Å². The van der Waals surface area contributed by atoms with Crippen molar-refractivity contribution < 1.29 is 0 Å². The highest BCUT2D eigenvalue weighted by atomic mass is 35.5. The summed E-state index contributed by atoms with van der Waals surface area (Å²) in [7, 11) is 0. The van der Waals surface area contributed by atoms with Crippen molar-refractivity contribution in [2.75, 3.05) is 12.3 Å². The first kappa shape index (κ1) is 16.9. The molecule has 0 amide bonds. The quantitative estimate of drug-likeness (QED) is 0.626. The average molecular weight is 300 g/mol. The van der Waals surface area contributed by atoms with Gasteiger partial charge in [0.25, 0.3) is 0 Å². The molecule has 0 saturated carbocycles. The van der Waals surface area contributed by atoms with Crippen molar-refractivity contribution in [1.82, 2.24) is 5.32 Å². The van der Waals surface area contributed by atoms with Crippen LogP contribution in [0.25, 0.3) is 0 Å². The molecule has 1 N–H and O–H groups in total. The Morgan fingerprint density at radius 1 is 1.21 bits per heavy atom. The molecule has 108 valence electrons. The van der Waals surface area contributed by atoms with Gasteiger partial charge in [0.05, 0.1) is 0 Å². The lowest BCUT2D eigenvalue weighted by molar-refractivity contribution is 0.409. The van der Waals surface area contributed by atoms with Crippen LogP contribution in [0.3, 0.4) is 0 Å². The molecule has 0 radical (unpaired) electrons. The normalized spacial score (nSPS) is 14.3. The molecule has 0 aliphatic rings. The van der Waals surface area contributed by atoms with Crippen LogP contribution in [0.5, 0.6) is 0 Å². The van der Waals surface area contributed by atoms with Crippen molar-refractivity contribution in [3.8, 4) is 0 Å². The van der Waals surface area contributed by atoms with E-state index < -0.39 is 0 Å². The molecule has 0 bridgehead atoms. The van der Waals surface area contributed by atoms with Gasteiger partial charge in [0.2, 0.25) is 0 Å². The smallest absolute Gasteiger partial charge is 0.0406 e. The van der Waals surface area contributed by atoms with Gasteiger partial charge in [-0.3, -0.25) is 0 Å². The van der Waals surface area contributed by atoms with Crippen LogP contribution in [0.4, 0.5) is 0 Å². The number of hydrogen-bond donors (Lipinski definition) is 1. The predicted octanol–water partition coefficient (Wildman–Crippen LogP) is 5.24. The number of benzene rings is 1. The molecule has 0 spiro atoms. The van der Waals surface area contributed by atoms with Gasteiger partial charge >= 0.3 is 0 Å². The predicted molar refractivity (Wildman–Crippen MR) is 88.3 cm³/mol. The van der Waals surface area contributed by atoms with Crippen LogP contribution in [0.15, 0.2) is 29.2 Å². The molecule has 0 aliphatic heterocycles. The fourth-order valence-corrected chi connectivity index (χ4v) is 3.43. The monoisotopic (exact) mass is 299 g/mol. The first-order valence-electron chi connectivity index (χ1n) is 7.27. The molecule has 1 aromatic carbocycles. The molecule has 2 unspecified atom stereocenters. The molecule has 2 atom stereocenters. The van der Waals surface area contributed by atoms with Gasteiger partial charge in [-0.1, -0.05) is 45.2 Å². The molecule has 0 aromatic heterocycles. The lowest BCUT2D eigenvalue weighted by atomic mass is 9.98. The van der Waals surface area contributed by atoms with Gasteiger partial charge in [0, 0.05) is 21.7 Å². The second-order valence-corrected chi connectivity index (χ2v) is 6.68. The molecule has 0 heterocycles. The molecule has 19 heavy (non-hydrogen) atoms. The summed E-state index contributed by atoms with van der Waals surface area (Å²) < 4.78 is 0. The minimum atomic E-state index is 0.604. The van der Waals surface area contributed by atoms with Gasteiger partial charge in [0.15, 0.2) is 0 Å². The van der Waals surface area contributed by atoms with Gasteiger partial charge in [-0.25, -0.2) is 0 Å². The van der Waals surface area contributed by atoms with Crippen molar-refractivity contribution in [3.63, 3.8) is 0 Å². The van der Waals surface area contributed by atoms with Gasteiger partial charge < -0.3 is 5.32 Å². The van der Waals surface area contributed by atoms with Crippen molar-refractivity contribution in [1.29, 1.82) is 0 Å². The Hall–Kier alpha value is -0.180. The number of halogens is 1. The van der Waals surface area contributed by atoms with Crippen LogP contribution >= 0.6 is 23.4 Å². The van der Waals surface area contributed by atoms with Crippen LogP contribution in [0.2, 0.25) is 5.02 Å². The minimum absolute atomic E-state index is 0.604. The number of nitrogens with one attached hydrogen (secondary N) is 1. The summed E-state index contributed by atoms with van der Waals surface area (Å²) in [4.78, 5) is 1.30. The molecule has 1 aromatic rings. The summed E-state index contributed by atoms with van der Waals surface area (Å²) in [6.07, 6.45) is 3.88. The molecule has 0 saturated heterocycles. The van der Waals surface area contributed by atoms with Gasteiger partial charge in [-0.05, 0) is 43.1 Å². The second kappa shape index (κ2) is 9.68. The third-order valence-corrected chi connectivity index (χ3v) is 4.65.